The summed E-state index contributed by atoms with van der Waals surface area (Å²) in [5.74, 6) is 0.190. The van der Waals surface area contributed by atoms with Gasteiger partial charge in [-0.2, -0.15) is 0 Å². The molecule has 0 unspecified atom stereocenters. The monoisotopic (exact) mass is 241 g/mol. The number of anilines is 1. The highest BCUT2D eigenvalue weighted by Gasteiger charge is 2.07. The Bertz CT molecular complexity index is 485. The summed E-state index contributed by atoms with van der Waals surface area (Å²) < 4.78 is 0. The quantitative estimate of drug-likeness (QED) is 0.771. The number of halogens is 2. The molecule has 0 amide bonds. The molecule has 2 heterocycles. The van der Waals surface area contributed by atoms with Gasteiger partial charge in [0.05, 0.1) is 16.9 Å². The normalized spacial score (nSPS) is 10.3. The molecule has 5 nitrogen and oxygen atoms in total. The molecule has 0 spiro atoms. The van der Waals surface area contributed by atoms with Gasteiger partial charge in [0.15, 0.2) is 0 Å². The van der Waals surface area contributed by atoms with E-state index in [1.54, 1.807) is 0 Å². The van der Waals surface area contributed by atoms with Crippen LogP contribution in [0.25, 0.3) is 11.3 Å². The maximum absolute atomic E-state index is 5.90. The zero-order chi connectivity index (χ0) is 10.8. The van der Waals surface area contributed by atoms with Crippen molar-refractivity contribution in [2.45, 2.75) is 0 Å². The molecule has 76 valence electrons. The SMILES string of the molecule is Nc1ncc(-c2nc(Cl)ncc2Cl)cn1. The summed E-state index contributed by atoms with van der Waals surface area (Å²) in [6, 6.07) is 0. The Morgan fingerprint density at radius 2 is 1.67 bits per heavy atom. The van der Waals surface area contributed by atoms with Gasteiger partial charge in [-0.25, -0.2) is 19.9 Å². The molecule has 0 fully saturated rings. The van der Waals surface area contributed by atoms with Crippen molar-refractivity contribution in [3.8, 4) is 11.3 Å². The number of nitrogens with two attached hydrogens (primary N) is 1. The van der Waals surface area contributed by atoms with E-state index in [0.29, 0.717) is 16.3 Å². The van der Waals surface area contributed by atoms with Crippen LogP contribution in [-0.2, 0) is 0 Å². The van der Waals surface area contributed by atoms with Crippen molar-refractivity contribution in [2.24, 2.45) is 0 Å². The van der Waals surface area contributed by atoms with E-state index in [9.17, 15) is 0 Å². The van der Waals surface area contributed by atoms with Crippen molar-refractivity contribution in [2.75, 3.05) is 5.73 Å². The maximum Gasteiger partial charge on any atom is 0.222 e. The lowest BCUT2D eigenvalue weighted by atomic mass is 10.2. The number of aromatic nitrogens is 4. The van der Waals surface area contributed by atoms with E-state index in [0.717, 1.165) is 0 Å². The lowest BCUT2D eigenvalue weighted by Crippen LogP contribution is -1.95. The minimum atomic E-state index is 0.117. The van der Waals surface area contributed by atoms with Crippen LogP contribution in [0.5, 0.6) is 0 Å². The number of nitrogens with zero attached hydrogens (tertiary/aromatic N) is 4. The van der Waals surface area contributed by atoms with Gasteiger partial charge >= 0.3 is 0 Å². The first-order valence-electron chi connectivity index (χ1n) is 3.93. The summed E-state index contributed by atoms with van der Waals surface area (Å²) in [7, 11) is 0. The van der Waals surface area contributed by atoms with Gasteiger partial charge in [-0.3, -0.25) is 0 Å². The summed E-state index contributed by atoms with van der Waals surface area (Å²) in [4.78, 5) is 15.4. The molecule has 2 aromatic heterocycles. The molecular formula is C8H5Cl2N5. The van der Waals surface area contributed by atoms with Crippen LogP contribution in [-0.4, -0.2) is 19.9 Å². The summed E-state index contributed by atoms with van der Waals surface area (Å²) >= 11 is 11.6. The number of nitrogen functional groups attached to an aromatic ring is 1. The van der Waals surface area contributed by atoms with E-state index < -0.39 is 0 Å². The van der Waals surface area contributed by atoms with Crippen LogP contribution in [0.4, 0.5) is 5.95 Å². The molecule has 0 atom stereocenters. The van der Waals surface area contributed by atoms with Crippen LogP contribution in [0, 0.1) is 0 Å². The lowest BCUT2D eigenvalue weighted by molar-refractivity contribution is 1.14. The van der Waals surface area contributed by atoms with Gasteiger partial charge in [0.2, 0.25) is 11.2 Å². The van der Waals surface area contributed by atoms with Gasteiger partial charge in [0.25, 0.3) is 0 Å². The van der Waals surface area contributed by atoms with E-state index in [-0.39, 0.29) is 11.2 Å². The van der Waals surface area contributed by atoms with Crippen LogP contribution in [0.2, 0.25) is 10.3 Å². The molecule has 0 saturated heterocycles. The predicted octanol–water partition coefficient (Wildman–Crippen LogP) is 1.82. The van der Waals surface area contributed by atoms with Crippen molar-refractivity contribution < 1.29 is 0 Å². The highest BCUT2D eigenvalue weighted by molar-refractivity contribution is 6.33. The third-order valence-corrected chi connectivity index (χ3v) is 2.12. The maximum atomic E-state index is 5.90. The molecule has 0 bridgehead atoms. The first-order chi connectivity index (χ1) is 7.16. The summed E-state index contributed by atoms with van der Waals surface area (Å²) in [6.07, 6.45) is 4.46. The molecule has 0 radical (unpaired) electrons. The molecule has 15 heavy (non-hydrogen) atoms. The molecule has 2 aromatic rings. The molecule has 7 heteroatoms. The molecule has 0 aliphatic rings. The van der Waals surface area contributed by atoms with Crippen LogP contribution in [0.1, 0.15) is 0 Å². The fourth-order valence-electron chi connectivity index (χ4n) is 1.01. The largest absolute Gasteiger partial charge is 0.368 e. The Labute approximate surface area is 95.3 Å². The molecule has 2 rings (SSSR count). The Morgan fingerprint density at radius 3 is 2.33 bits per heavy atom. The van der Waals surface area contributed by atoms with Gasteiger partial charge in [-0.05, 0) is 11.6 Å². The van der Waals surface area contributed by atoms with E-state index >= 15 is 0 Å². The molecule has 0 aromatic carbocycles. The van der Waals surface area contributed by atoms with Crippen LogP contribution < -0.4 is 5.73 Å². The van der Waals surface area contributed by atoms with E-state index in [4.69, 9.17) is 28.9 Å². The Hall–Kier alpha value is -1.46. The van der Waals surface area contributed by atoms with E-state index in [1.165, 1.54) is 18.6 Å². The second kappa shape index (κ2) is 3.96. The second-order valence-electron chi connectivity index (χ2n) is 2.67. The molecule has 0 saturated carbocycles. The van der Waals surface area contributed by atoms with Crippen molar-refractivity contribution in [3.05, 3.63) is 28.9 Å². The van der Waals surface area contributed by atoms with Gasteiger partial charge < -0.3 is 5.73 Å². The number of hydrogen-bond acceptors (Lipinski definition) is 5. The first kappa shape index (κ1) is 10.1. The standard InChI is InChI=1S/C8H5Cl2N5/c9-5-3-12-7(10)15-6(5)4-1-13-8(11)14-2-4/h1-3H,(H2,11,13,14). The molecule has 2 N–H and O–H groups in total. The summed E-state index contributed by atoms with van der Waals surface area (Å²) in [6.45, 7) is 0. The Balaban J connectivity index is 2.53. The van der Waals surface area contributed by atoms with Crippen LogP contribution in [0.15, 0.2) is 18.6 Å². The summed E-state index contributed by atoms with van der Waals surface area (Å²) in [5, 5.41) is 0.499. The Morgan fingerprint density at radius 1 is 1.00 bits per heavy atom. The average molecular weight is 242 g/mol. The molecular weight excluding hydrogens is 237 g/mol. The van der Waals surface area contributed by atoms with Crippen LogP contribution in [0.3, 0.4) is 0 Å². The third kappa shape index (κ3) is 2.14. The lowest BCUT2D eigenvalue weighted by Gasteiger charge is -2.02. The third-order valence-electron chi connectivity index (χ3n) is 1.66. The van der Waals surface area contributed by atoms with Gasteiger partial charge in [-0.15, -0.1) is 0 Å². The fraction of sp³-hybridized carbons (Fsp3) is 0. The highest BCUT2D eigenvalue weighted by Crippen LogP contribution is 2.24. The number of rotatable bonds is 1. The second-order valence-corrected chi connectivity index (χ2v) is 3.41. The Kier molecular flexibility index (Phi) is 2.66. The first-order valence-corrected chi connectivity index (χ1v) is 4.68. The summed E-state index contributed by atoms with van der Waals surface area (Å²) in [5.41, 5.74) is 6.48. The zero-order valence-corrected chi connectivity index (χ0v) is 8.87. The minimum absolute atomic E-state index is 0.117. The highest BCUT2D eigenvalue weighted by atomic mass is 35.5. The topological polar surface area (TPSA) is 77.6 Å². The van der Waals surface area contributed by atoms with Crippen LogP contribution >= 0.6 is 23.2 Å². The van der Waals surface area contributed by atoms with Crippen molar-refractivity contribution in [3.63, 3.8) is 0 Å². The average Bonchev–Trinajstić information content (AvgIpc) is 2.23. The molecule has 0 aliphatic heterocycles. The molecule has 0 aliphatic carbocycles. The number of hydrogen-bond donors (Lipinski definition) is 1. The van der Waals surface area contributed by atoms with E-state index in [1.807, 2.05) is 0 Å². The zero-order valence-electron chi connectivity index (χ0n) is 7.35. The van der Waals surface area contributed by atoms with Gasteiger partial charge in [0.1, 0.15) is 0 Å². The smallest absolute Gasteiger partial charge is 0.222 e. The van der Waals surface area contributed by atoms with Crippen molar-refractivity contribution in [1.29, 1.82) is 0 Å². The predicted molar refractivity (Wildman–Crippen MR) is 57.5 cm³/mol. The van der Waals surface area contributed by atoms with Gasteiger partial charge in [-0.1, -0.05) is 11.6 Å². The van der Waals surface area contributed by atoms with Crippen molar-refractivity contribution >= 4 is 29.2 Å². The van der Waals surface area contributed by atoms with Gasteiger partial charge in [0, 0.05) is 18.0 Å². The van der Waals surface area contributed by atoms with Crippen molar-refractivity contribution in [1.82, 2.24) is 19.9 Å². The fourth-order valence-corrected chi connectivity index (χ4v) is 1.34. The minimum Gasteiger partial charge on any atom is -0.368 e. The van der Waals surface area contributed by atoms with E-state index in [2.05, 4.69) is 19.9 Å².